The van der Waals surface area contributed by atoms with Crippen LogP contribution in [-0.2, 0) is 6.18 Å². The second kappa shape index (κ2) is 5.86. The number of piperazine rings is 1. The zero-order chi connectivity index (χ0) is 16.5. The Bertz CT molecular complexity index is 517. The van der Waals surface area contributed by atoms with Gasteiger partial charge in [-0.1, -0.05) is 0 Å². The van der Waals surface area contributed by atoms with E-state index >= 15 is 0 Å². The lowest BCUT2D eigenvalue weighted by Gasteiger charge is -2.36. The molecule has 1 aliphatic rings. The average Bonchev–Trinajstić information content (AvgIpc) is 2.37. The van der Waals surface area contributed by atoms with Gasteiger partial charge in [0.1, 0.15) is 0 Å². The second-order valence-electron chi connectivity index (χ2n) is 5.15. The van der Waals surface area contributed by atoms with Gasteiger partial charge in [-0.05, 0) is 18.2 Å². The van der Waals surface area contributed by atoms with Crippen LogP contribution in [0.2, 0.25) is 0 Å². The first-order chi connectivity index (χ1) is 10.1. The van der Waals surface area contributed by atoms with Crippen LogP contribution in [-0.4, -0.2) is 43.8 Å². The Morgan fingerprint density at radius 3 is 2.00 bits per heavy atom. The van der Waals surface area contributed by atoms with Crippen LogP contribution in [0.25, 0.3) is 0 Å². The standard InChI is InChI=1S/C13H15F6N3/c14-12(15,16)8-21-3-5-22(6-4-21)11-2-1-9(7-10(11)20)13(17,18)19/h1-2,7H,3-6,8,20H2. The molecule has 0 bridgehead atoms. The molecule has 1 aliphatic heterocycles. The van der Waals surface area contributed by atoms with E-state index < -0.39 is 24.5 Å². The van der Waals surface area contributed by atoms with E-state index in [-0.39, 0.29) is 31.9 Å². The van der Waals surface area contributed by atoms with Crippen molar-refractivity contribution in [2.75, 3.05) is 43.4 Å². The van der Waals surface area contributed by atoms with E-state index in [9.17, 15) is 26.3 Å². The zero-order valence-corrected chi connectivity index (χ0v) is 11.5. The van der Waals surface area contributed by atoms with Crippen LogP contribution in [0.4, 0.5) is 37.7 Å². The number of nitrogens with two attached hydrogens (primary N) is 1. The van der Waals surface area contributed by atoms with Crippen molar-refractivity contribution < 1.29 is 26.3 Å². The normalized spacial score (nSPS) is 17.8. The number of benzene rings is 1. The summed E-state index contributed by atoms with van der Waals surface area (Å²) in [4.78, 5) is 2.96. The SMILES string of the molecule is Nc1cc(C(F)(F)F)ccc1N1CCN(CC(F)(F)F)CC1. The number of anilines is 2. The summed E-state index contributed by atoms with van der Waals surface area (Å²) in [5, 5.41) is 0. The molecule has 2 N–H and O–H groups in total. The fourth-order valence-electron chi connectivity index (χ4n) is 2.42. The molecule has 1 aromatic carbocycles. The van der Waals surface area contributed by atoms with E-state index in [0.29, 0.717) is 5.69 Å². The highest BCUT2D eigenvalue weighted by atomic mass is 19.4. The number of hydrogen-bond acceptors (Lipinski definition) is 3. The van der Waals surface area contributed by atoms with Crippen LogP contribution in [0.3, 0.4) is 0 Å². The maximum absolute atomic E-state index is 12.6. The molecule has 3 nitrogen and oxygen atoms in total. The summed E-state index contributed by atoms with van der Waals surface area (Å²) in [5.41, 5.74) is 5.19. The molecule has 1 aromatic rings. The van der Waals surface area contributed by atoms with Crippen molar-refractivity contribution in [3.63, 3.8) is 0 Å². The fraction of sp³-hybridized carbons (Fsp3) is 0.538. The third kappa shape index (κ3) is 4.19. The van der Waals surface area contributed by atoms with Gasteiger partial charge in [-0.15, -0.1) is 0 Å². The summed E-state index contributed by atoms with van der Waals surface area (Å²) >= 11 is 0. The first kappa shape index (κ1) is 16.7. The lowest BCUT2D eigenvalue weighted by molar-refractivity contribution is -0.146. The van der Waals surface area contributed by atoms with E-state index in [1.54, 1.807) is 4.90 Å². The molecule has 1 saturated heterocycles. The number of halogens is 6. The second-order valence-corrected chi connectivity index (χ2v) is 5.15. The quantitative estimate of drug-likeness (QED) is 0.670. The number of hydrogen-bond donors (Lipinski definition) is 1. The lowest BCUT2D eigenvalue weighted by atomic mass is 10.1. The van der Waals surface area contributed by atoms with E-state index in [0.717, 1.165) is 12.1 Å². The van der Waals surface area contributed by atoms with Gasteiger partial charge in [0.2, 0.25) is 0 Å². The number of nitrogen functional groups attached to an aromatic ring is 1. The fourth-order valence-corrected chi connectivity index (χ4v) is 2.42. The Morgan fingerprint density at radius 1 is 0.955 bits per heavy atom. The van der Waals surface area contributed by atoms with Gasteiger partial charge >= 0.3 is 12.4 Å². The predicted molar refractivity (Wildman–Crippen MR) is 70.6 cm³/mol. The molecule has 1 heterocycles. The van der Waals surface area contributed by atoms with Crippen LogP contribution in [0.5, 0.6) is 0 Å². The Morgan fingerprint density at radius 2 is 1.55 bits per heavy atom. The molecule has 2 rings (SSSR count). The topological polar surface area (TPSA) is 32.5 Å². The molecule has 0 aromatic heterocycles. The summed E-state index contributed by atoms with van der Waals surface area (Å²) in [6.45, 7) is -0.0550. The highest BCUT2D eigenvalue weighted by Gasteiger charge is 2.33. The molecule has 9 heteroatoms. The molecule has 0 saturated carbocycles. The van der Waals surface area contributed by atoms with Crippen LogP contribution in [0.1, 0.15) is 5.56 Å². The van der Waals surface area contributed by atoms with Crippen molar-refractivity contribution in [1.29, 1.82) is 0 Å². The van der Waals surface area contributed by atoms with Crippen molar-refractivity contribution in [2.45, 2.75) is 12.4 Å². The van der Waals surface area contributed by atoms with Crippen molar-refractivity contribution in [1.82, 2.24) is 4.90 Å². The molecule has 0 amide bonds. The van der Waals surface area contributed by atoms with Gasteiger partial charge in [0.25, 0.3) is 0 Å². The molecule has 0 unspecified atom stereocenters. The third-order valence-corrected chi connectivity index (χ3v) is 3.47. The average molecular weight is 327 g/mol. The molecular formula is C13H15F6N3. The molecule has 124 valence electrons. The Hall–Kier alpha value is -1.64. The number of rotatable bonds is 2. The first-order valence-corrected chi connectivity index (χ1v) is 6.57. The maximum atomic E-state index is 12.6. The van der Waals surface area contributed by atoms with Crippen LogP contribution >= 0.6 is 0 Å². The smallest absolute Gasteiger partial charge is 0.397 e. The van der Waals surface area contributed by atoms with Gasteiger partial charge in [0.05, 0.1) is 23.5 Å². The Balaban J connectivity index is 2.03. The van der Waals surface area contributed by atoms with Gasteiger partial charge in [0.15, 0.2) is 0 Å². The highest BCUT2D eigenvalue weighted by Crippen LogP contribution is 2.34. The molecule has 0 aliphatic carbocycles. The summed E-state index contributed by atoms with van der Waals surface area (Å²) in [5.74, 6) is 0. The van der Waals surface area contributed by atoms with Crippen LogP contribution < -0.4 is 10.6 Å². The van der Waals surface area contributed by atoms with Gasteiger partial charge < -0.3 is 10.6 Å². The van der Waals surface area contributed by atoms with Crippen molar-refractivity contribution in [3.05, 3.63) is 23.8 Å². The van der Waals surface area contributed by atoms with Crippen LogP contribution in [0.15, 0.2) is 18.2 Å². The Kier molecular flexibility index (Phi) is 4.46. The van der Waals surface area contributed by atoms with E-state index in [1.165, 1.54) is 11.0 Å². The van der Waals surface area contributed by atoms with Crippen molar-refractivity contribution >= 4 is 11.4 Å². The summed E-state index contributed by atoms with van der Waals surface area (Å²) in [7, 11) is 0. The zero-order valence-electron chi connectivity index (χ0n) is 11.5. The molecule has 0 radical (unpaired) electrons. The summed E-state index contributed by atoms with van der Waals surface area (Å²) in [6, 6.07) is 3.03. The van der Waals surface area contributed by atoms with E-state index in [1.807, 2.05) is 0 Å². The van der Waals surface area contributed by atoms with Gasteiger partial charge in [-0.25, -0.2) is 0 Å². The molecule has 1 fully saturated rings. The Labute approximate surface area is 123 Å². The lowest BCUT2D eigenvalue weighted by Crippen LogP contribution is -2.49. The minimum Gasteiger partial charge on any atom is -0.397 e. The minimum atomic E-state index is -4.47. The number of nitrogens with zero attached hydrogens (tertiary/aromatic N) is 2. The number of alkyl halides is 6. The minimum absolute atomic E-state index is 0.0286. The third-order valence-electron chi connectivity index (χ3n) is 3.47. The van der Waals surface area contributed by atoms with Gasteiger partial charge in [-0.3, -0.25) is 4.90 Å². The van der Waals surface area contributed by atoms with E-state index in [4.69, 9.17) is 5.73 Å². The van der Waals surface area contributed by atoms with Crippen molar-refractivity contribution in [3.8, 4) is 0 Å². The van der Waals surface area contributed by atoms with Crippen LogP contribution in [0, 0.1) is 0 Å². The highest BCUT2D eigenvalue weighted by molar-refractivity contribution is 5.69. The van der Waals surface area contributed by atoms with Gasteiger partial charge in [-0.2, -0.15) is 26.3 Å². The summed E-state index contributed by atoms with van der Waals surface area (Å²) < 4.78 is 74.6. The summed E-state index contributed by atoms with van der Waals surface area (Å²) in [6.07, 6.45) is -8.73. The predicted octanol–water partition coefficient (Wildman–Crippen LogP) is 2.97. The van der Waals surface area contributed by atoms with E-state index in [2.05, 4.69) is 0 Å². The molecule has 22 heavy (non-hydrogen) atoms. The monoisotopic (exact) mass is 327 g/mol. The first-order valence-electron chi connectivity index (χ1n) is 6.57. The van der Waals surface area contributed by atoms with Crippen molar-refractivity contribution in [2.24, 2.45) is 0 Å². The molecular weight excluding hydrogens is 312 g/mol. The largest absolute Gasteiger partial charge is 0.416 e. The molecule has 0 spiro atoms. The molecule has 0 atom stereocenters. The van der Waals surface area contributed by atoms with Gasteiger partial charge in [0, 0.05) is 26.2 Å². The maximum Gasteiger partial charge on any atom is 0.416 e.